The molecule has 0 aromatic heterocycles. The first-order chi connectivity index (χ1) is 7.72. The summed E-state index contributed by atoms with van der Waals surface area (Å²) in [6, 6.07) is 0. The van der Waals surface area contributed by atoms with Crippen LogP contribution in [0, 0.1) is 5.41 Å². The molecule has 0 spiro atoms. The molecule has 17 heavy (non-hydrogen) atoms. The van der Waals surface area contributed by atoms with E-state index in [1.54, 1.807) is 0 Å². The molecule has 2 unspecified atom stereocenters. The van der Waals surface area contributed by atoms with Crippen molar-refractivity contribution in [1.82, 2.24) is 10.2 Å². The molecule has 0 saturated carbocycles. The van der Waals surface area contributed by atoms with Gasteiger partial charge in [-0.2, -0.15) is 0 Å². The van der Waals surface area contributed by atoms with Gasteiger partial charge in [-0.3, -0.25) is 0 Å². The molecule has 2 fully saturated rings. The third-order valence-electron chi connectivity index (χ3n) is 4.00. The maximum Gasteiger partial charge on any atom is 0.0702 e. The Hall–Kier alpha value is 0.170. The molecule has 2 aliphatic heterocycles. The molecule has 4 heteroatoms. The van der Waals surface area contributed by atoms with Gasteiger partial charge in [0.2, 0.25) is 0 Å². The Morgan fingerprint density at radius 3 is 2.82 bits per heavy atom. The quantitative estimate of drug-likeness (QED) is 0.819. The van der Waals surface area contributed by atoms with Crippen molar-refractivity contribution in [2.75, 3.05) is 39.3 Å². The second-order valence-electron chi connectivity index (χ2n) is 5.70. The lowest BCUT2D eigenvalue weighted by atomic mass is 9.89. The first kappa shape index (κ1) is 15.2. The van der Waals surface area contributed by atoms with Gasteiger partial charge >= 0.3 is 0 Å². The second-order valence-corrected chi connectivity index (χ2v) is 5.70. The van der Waals surface area contributed by atoms with Gasteiger partial charge in [-0.1, -0.05) is 13.8 Å². The van der Waals surface area contributed by atoms with Crippen LogP contribution >= 0.6 is 12.4 Å². The molecular weight excluding hydrogens is 236 g/mol. The van der Waals surface area contributed by atoms with E-state index in [1.165, 1.54) is 38.9 Å². The monoisotopic (exact) mass is 262 g/mol. The SMILES string of the molecule is CCN(CC1CCCO1)CC1(C)CCNC1.Cl. The minimum atomic E-state index is 0. The molecule has 0 bridgehead atoms. The highest BCUT2D eigenvalue weighted by Gasteiger charge is 2.31. The van der Waals surface area contributed by atoms with Gasteiger partial charge in [0, 0.05) is 26.2 Å². The van der Waals surface area contributed by atoms with E-state index in [-0.39, 0.29) is 12.4 Å². The smallest absolute Gasteiger partial charge is 0.0702 e. The summed E-state index contributed by atoms with van der Waals surface area (Å²) >= 11 is 0. The Bertz CT molecular complexity index is 213. The van der Waals surface area contributed by atoms with Gasteiger partial charge in [0.25, 0.3) is 0 Å². The van der Waals surface area contributed by atoms with E-state index in [0.29, 0.717) is 11.5 Å². The minimum Gasteiger partial charge on any atom is -0.377 e. The van der Waals surface area contributed by atoms with Crippen LogP contribution in [-0.4, -0.2) is 50.3 Å². The van der Waals surface area contributed by atoms with E-state index in [0.717, 1.165) is 19.7 Å². The molecule has 102 valence electrons. The Kier molecular flexibility index (Phi) is 6.21. The number of hydrogen-bond acceptors (Lipinski definition) is 3. The highest BCUT2D eigenvalue weighted by molar-refractivity contribution is 5.85. The molecular formula is C13H27ClN2O. The van der Waals surface area contributed by atoms with Gasteiger partial charge in [-0.05, 0) is 37.8 Å². The Balaban J connectivity index is 0.00000144. The van der Waals surface area contributed by atoms with Crippen LogP contribution in [-0.2, 0) is 4.74 Å². The number of ether oxygens (including phenoxy) is 1. The van der Waals surface area contributed by atoms with Crippen molar-refractivity contribution in [3.63, 3.8) is 0 Å². The van der Waals surface area contributed by atoms with Crippen LogP contribution in [0.2, 0.25) is 0 Å². The van der Waals surface area contributed by atoms with Crippen molar-refractivity contribution >= 4 is 12.4 Å². The molecule has 0 amide bonds. The van der Waals surface area contributed by atoms with Crippen LogP contribution in [0.25, 0.3) is 0 Å². The largest absolute Gasteiger partial charge is 0.377 e. The zero-order valence-corrected chi connectivity index (χ0v) is 12.0. The van der Waals surface area contributed by atoms with E-state index in [1.807, 2.05) is 0 Å². The fourth-order valence-electron chi connectivity index (χ4n) is 2.93. The van der Waals surface area contributed by atoms with Gasteiger partial charge in [0.05, 0.1) is 6.10 Å². The van der Waals surface area contributed by atoms with E-state index in [4.69, 9.17) is 4.74 Å². The lowest BCUT2D eigenvalue weighted by Crippen LogP contribution is -2.41. The van der Waals surface area contributed by atoms with Crippen molar-refractivity contribution in [2.24, 2.45) is 5.41 Å². The van der Waals surface area contributed by atoms with Gasteiger partial charge < -0.3 is 15.0 Å². The van der Waals surface area contributed by atoms with Crippen LogP contribution in [0.3, 0.4) is 0 Å². The first-order valence-corrected chi connectivity index (χ1v) is 6.76. The van der Waals surface area contributed by atoms with Crippen molar-refractivity contribution in [2.45, 2.75) is 39.2 Å². The predicted octanol–water partition coefficient (Wildman–Crippen LogP) is 1.91. The van der Waals surface area contributed by atoms with Gasteiger partial charge in [-0.25, -0.2) is 0 Å². The summed E-state index contributed by atoms with van der Waals surface area (Å²) in [5.41, 5.74) is 0.481. The third-order valence-corrected chi connectivity index (χ3v) is 4.00. The summed E-state index contributed by atoms with van der Waals surface area (Å²) in [5, 5.41) is 3.48. The van der Waals surface area contributed by atoms with Crippen molar-refractivity contribution in [1.29, 1.82) is 0 Å². The highest BCUT2D eigenvalue weighted by Crippen LogP contribution is 2.26. The van der Waals surface area contributed by atoms with Crippen LogP contribution in [0.5, 0.6) is 0 Å². The molecule has 2 saturated heterocycles. The number of halogens is 1. The number of likely N-dealkylation sites (N-methyl/N-ethyl adjacent to an activating group) is 1. The molecule has 3 nitrogen and oxygen atoms in total. The fraction of sp³-hybridized carbons (Fsp3) is 1.00. The van der Waals surface area contributed by atoms with Gasteiger partial charge in [0.15, 0.2) is 0 Å². The lowest BCUT2D eigenvalue weighted by Gasteiger charge is -2.32. The molecule has 0 radical (unpaired) electrons. The number of nitrogens with one attached hydrogen (secondary N) is 1. The first-order valence-electron chi connectivity index (χ1n) is 6.76. The minimum absolute atomic E-state index is 0. The molecule has 0 aromatic rings. The Morgan fingerprint density at radius 1 is 1.47 bits per heavy atom. The molecule has 0 aromatic carbocycles. The Morgan fingerprint density at radius 2 is 2.29 bits per heavy atom. The summed E-state index contributed by atoms with van der Waals surface area (Å²) in [7, 11) is 0. The van der Waals surface area contributed by atoms with Crippen LogP contribution < -0.4 is 5.32 Å². The molecule has 2 aliphatic rings. The topological polar surface area (TPSA) is 24.5 Å². The van der Waals surface area contributed by atoms with E-state index in [9.17, 15) is 0 Å². The molecule has 0 aliphatic carbocycles. The Labute approximate surface area is 112 Å². The van der Waals surface area contributed by atoms with E-state index in [2.05, 4.69) is 24.1 Å². The standard InChI is InChI=1S/C13H26N2O.ClH/c1-3-15(9-12-5-4-8-16-12)11-13(2)6-7-14-10-13;/h12,14H,3-11H2,1-2H3;1H. The summed E-state index contributed by atoms with van der Waals surface area (Å²) in [6.07, 6.45) is 4.32. The van der Waals surface area contributed by atoms with Gasteiger partial charge in [0.1, 0.15) is 0 Å². The van der Waals surface area contributed by atoms with Crippen LogP contribution in [0.4, 0.5) is 0 Å². The molecule has 1 N–H and O–H groups in total. The normalized spacial score (nSPS) is 33.0. The molecule has 2 atom stereocenters. The maximum atomic E-state index is 5.73. The average Bonchev–Trinajstić information content (AvgIpc) is 2.89. The van der Waals surface area contributed by atoms with Crippen LogP contribution in [0.1, 0.15) is 33.1 Å². The second kappa shape index (κ2) is 6.93. The molecule has 2 rings (SSSR count). The van der Waals surface area contributed by atoms with Crippen molar-refractivity contribution < 1.29 is 4.74 Å². The number of nitrogens with zero attached hydrogens (tertiary/aromatic N) is 1. The van der Waals surface area contributed by atoms with Crippen molar-refractivity contribution in [3.05, 3.63) is 0 Å². The van der Waals surface area contributed by atoms with Gasteiger partial charge in [-0.15, -0.1) is 12.4 Å². The lowest BCUT2D eigenvalue weighted by molar-refractivity contribution is 0.0614. The van der Waals surface area contributed by atoms with E-state index < -0.39 is 0 Å². The van der Waals surface area contributed by atoms with Crippen LogP contribution in [0.15, 0.2) is 0 Å². The number of rotatable bonds is 5. The summed E-state index contributed by atoms with van der Waals surface area (Å²) in [5.74, 6) is 0. The average molecular weight is 263 g/mol. The summed E-state index contributed by atoms with van der Waals surface area (Å²) in [6.45, 7) is 11.5. The number of hydrogen-bond donors (Lipinski definition) is 1. The van der Waals surface area contributed by atoms with E-state index >= 15 is 0 Å². The highest BCUT2D eigenvalue weighted by atomic mass is 35.5. The maximum absolute atomic E-state index is 5.73. The predicted molar refractivity (Wildman–Crippen MR) is 73.9 cm³/mol. The van der Waals surface area contributed by atoms with Crippen molar-refractivity contribution in [3.8, 4) is 0 Å². The zero-order valence-electron chi connectivity index (χ0n) is 11.2. The summed E-state index contributed by atoms with van der Waals surface area (Å²) < 4.78 is 5.73. The summed E-state index contributed by atoms with van der Waals surface area (Å²) in [4.78, 5) is 2.57. The zero-order chi connectivity index (χ0) is 11.4. The third kappa shape index (κ3) is 4.40. The fourth-order valence-corrected chi connectivity index (χ4v) is 2.93. The molecule has 2 heterocycles.